The minimum atomic E-state index is -0.325. The number of carbonyl (C=O) groups is 3. The number of benzene rings is 4. The summed E-state index contributed by atoms with van der Waals surface area (Å²) in [6.07, 6.45) is 4.83. The fourth-order valence-corrected chi connectivity index (χ4v) is 9.56. The van der Waals surface area contributed by atoms with Crippen LogP contribution < -0.4 is 14.8 Å². The Labute approximate surface area is 325 Å². The van der Waals surface area contributed by atoms with Crippen LogP contribution in [-0.2, 0) is 20.8 Å². The van der Waals surface area contributed by atoms with Crippen LogP contribution in [0.15, 0.2) is 96.4 Å². The van der Waals surface area contributed by atoms with Gasteiger partial charge in [-0.25, -0.2) is 0 Å². The average molecular weight is 758 g/mol. The van der Waals surface area contributed by atoms with Crippen molar-refractivity contribution in [3.05, 3.63) is 124 Å². The molecule has 10 heteroatoms. The fourth-order valence-electron chi connectivity index (χ4n) is 8.51. The third kappa shape index (κ3) is 8.40. The highest BCUT2D eigenvalue weighted by Gasteiger charge is 2.33. The Bertz CT molecular complexity index is 2140. The molecule has 1 aromatic heterocycles. The van der Waals surface area contributed by atoms with Crippen LogP contribution in [0.5, 0.6) is 17.2 Å². The first-order chi connectivity index (χ1) is 26.9. The summed E-state index contributed by atoms with van der Waals surface area (Å²) < 4.78 is 13.1. The third-order valence-electron chi connectivity index (χ3n) is 11.5. The first-order valence-electron chi connectivity index (χ1n) is 19.5. The zero-order valence-electron chi connectivity index (χ0n) is 31.0. The first-order valence-corrected chi connectivity index (χ1v) is 20.3. The van der Waals surface area contributed by atoms with Crippen molar-refractivity contribution in [3.8, 4) is 17.2 Å². The molecular formula is C45H47N3O6S. The molecule has 55 heavy (non-hydrogen) atoms. The summed E-state index contributed by atoms with van der Waals surface area (Å²) >= 11 is 1.54. The van der Waals surface area contributed by atoms with Gasteiger partial charge in [0.1, 0.15) is 17.2 Å². The minimum absolute atomic E-state index is 0.0126. The summed E-state index contributed by atoms with van der Waals surface area (Å²) in [5.41, 5.74) is 6.07. The number of piperazine rings is 1. The number of carbonyl (C=O) groups excluding carboxylic acids is 3. The van der Waals surface area contributed by atoms with E-state index in [0.717, 1.165) is 66.7 Å². The van der Waals surface area contributed by atoms with Gasteiger partial charge in [-0.15, -0.1) is 11.3 Å². The molecule has 2 N–H and O–H groups in total. The summed E-state index contributed by atoms with van der Waals surface area (Å²) in [5.74, 6) is 1.62. The van der Waals surface area contributed by atoms with E-state index >= 15 is 0 Å². The number of fused-ring (bicyclic) bond motifs is 2. The zero-order valence-corrected chi connectivity index (χ0v) is 31.8. The topological polar surface area (TPSA) is 108 Å². The Hall–Kier alpha value is -5.19. The molecule has 1 aliphatic carbocycles. The van der Waals surface area contributed by atoms with Crippen molar-refractivity contribution >= 4 is 39.1 Å². The molecule has 9 nitrogen and oxygen atoms in total. The van der Waals surface area contributed by atoms with Gasteiger partial charge in [0, 0.05) is 43.2 Å². The Morgan fingerprint density at radius 1 is 0.800 bits per heavy atom. The molecule has 3 aliphatic rings. The van der Waals surface area contributed by atoms with Crippen LogP contribution in [0.25, 0.3) is 10.1 Å². The molecule has 0 radical (unpaired) electrons. The number of piperidine rings is 1. The number of imide groups is 1. The summed E-state index contributed by atoms with van der Waals surface area (Å²) in [6.45, 7) is 4.66. The van der Waals surface area contributed by atoms with Gasteiger partial charge in [-0.05, 0) is 126 Å². The van der Waals surface area contributed by atoms with E-state index in [1.54, 1.807) is 0 Å². The first kappa shape index (κ1) is 36.8. The summed E-state index contributed by atoms with van der Waals surface area (Å²) in [7, 11) is 0. The summed E-state index contributed by atoms with van der Waals surface area (Å²) in [5, 5.41) is 15.6. The number of phenolic OH excluding ortho intramolecular Hbond substituents is 1. The minimum Gasteiger partial charge on any atom is -0.508 e. The zero-order chi connectivity index (χ0) is 37.7. The SMILES string of the molecule is O=C1CCC(c2csc3cc(OCC(=O)N4CCN(CCCCOc5ccc([C@@H]6c7ccc(O)cc7CC[C@@H]6c6ccccc6)cc5)CC4)ccc23)C(=O)N1. The van der Waals surface area contributed by atoms with Gasteiger partial charge in [0.2, 0.25) is 11.8 Å². The second-order valence-electron chi connectivity index (χ2n) is 14.9. The lowest BCUT2D eigenvalue weighted by Gasteiger charge is -2.35. The van der Waals surface area contributed by atoms with Crippen molar-refractivity contribution in [1.82, 2.24) is 15.1 Å². The number of hydrogen-bond donors (Lipinski definition) is 2. The van der Waals surface area contributed by atoms with Gasteiger partial charge in [-0.1, -0.05) is 48.5 Å². The van der Waals surface area contributed by atoms with Gasteiger partial charge in [0.15, 0.2) is 6.61 Å². The van der Waals surface area contributed by atoms with Crippen molar-refractivity contribution < 1.29 is 29.0 Å². The maximum atomic E-state index is 13.0. The molecule has 2 fully saturated rings. The van der Waals surface area contributed by atoms with Crippen LogP contribution >= 0.6 is 11.3 Å². The largest absolute Gasteiger partial charge is 0.508 e. The van der Waals surface area contributed by atoms with Crippen molar-refractivity contribution in [2.45, 2.75) is 56.3 Å². The summed E-state index contributed by atoms with van der Waals surface area (Å²) in [6, 6.07) is 30.9. The van der Waals surface area contributed by atoms with E-state index < -0.39 is 0 Å². The standard InChI is InChI=1S/C45H47N3O6S/c49-33-11-16-37-32(26-33)10-15-36(30-6-2-1-3-7-30)44(37)31-8-12-34(13-9-31)53-25-5-4-20-47-21-23-48(24-22-47)43(51)28-54-35-14-17-38-40(29-55-41(38)27-35)39-18-19-42(50)46-45(39)52/h1-3,6-9,11-14,16-17,26-27,29,36,39,44,49H,4-5,10,15,18-25,28H2,(H,46,50,52)/t36-,39?,44+/m1/s1. The van der Waals surface area contributed by atoms with Crippen molar-refractivity contribution in [2.24, 2.45) is 0 Å². The van der Waals surface area contributed by atoms with E-state index in [-0.39, 0.29) is 36.2 Å². The lowest BCUT2D eigenvalue weighted by molar-refractivity contribution is -0.135. The van der Waals surface area contributed by atoms with E-state index in [9.17, 15) is 19.5 Å². The Balaban J connectivity index is 0.758. The van der Waals surface area contributed by atoms with E-state index in [2.05, 4.69) is 70.9 Å². The molecule has 3 atom stereocenters. The lowest BCUT2D eigenvalue weighted by atomic mass is 9.69. The van der Waals surface area contributed by atoms with Crippen molar-refractivity contribution in [1.29, 1.82) is 0 Å². The lowest BCUT2D eigenvalue weighted by Crippen LogP contribution is -2.50. The Morgan fingerprint density at radius 3 is 2.40 bits per heavy atom. The Morgan fingerprint density at radius 2 is 1.60 bits per heavy atom. The molecule has 2 aliphatic heterocycles. The molecule has 3 amide bonds. The number of nitrogens with one attached hydrogen (secondary N) is 1. The van der Waals surface area contributed by atoms with E-state index in [1.165, 1.54) is 33.6 Å². The predicted octanol–water partition coefficient (Wildman–Crippen LogP) is 7.37. The number of aromatic hydroxyl groups is 1. The Kier molecular flexibility index (Phi) is 11.1. The average Bonchev–Trinajstić information content (AvgIpc) is 3.63. The molecule has 1 unspecified atom stereocenters. The van der Waals surface area contributed by atoms with Gasteiger partial charge in [-0.3, -0.25) is 24.6 Å². The number of nitrogens with zero attached hydrogens (tertiary/aromatic N) is 2. The van der Waals surface area contributed by atoms with Crippen molar-refractivity contribution in [3.63, 3.8) is 0 Å². The molecule has 3 heterocycles. The number of phenols is 1. The third-order valence-corrected chi connectivity index (χ3v) is 12.4. The molecule has 0 spiro atoms. The predicted molar refractivity (Wildman–Crippen MR) is 214 cm³/mol. The van der Waals surface area contributed by atoms with E-state index in [0.29, 0.717) is 50.0 Å². The normalized spacial score (nSPS) is 20.2. The number of hydrogen-bond acceptors (Lipinski definition) is 8. The van der Waals surface area contributed by atoms with Gasteiger partial charge >= 0.3 is 0 Å². The number of rotatable bonds is 12. The van der Waals surface area contributed by atoms with Crippen LogP contribution in [-0.4, -0.2) is 78.6 Å². The second kappa shape index (κ2) is 16.7. The van der Waals surface area contributed by atoms with E-state index in [4.69, 9.17) is 9.47 Å². The molecule has 0 bridgehead atoms. The van der Waals surface area contributed by atoms with Crippen LogP contribution in [0.4, 0.5) is 0 Å². The number of amides is 3. The van der Waals surface area contributed by atoms with Gasteiger partial charge in [0.25, 0.3) is 5.91 Å². The number of aryl methyl sites for hydroxylation is 1. The smallest absolute Gasteiger partial charge is 0.260 e. The maximum Gasteiger partial charge on any atom is 0.260 e. The van der Waals surface area contributed by atoms with Crippen LogP contribution in [0.3, 0.4) is 0 Å². The highest BCUT2D eigenvalue weighted by Crippen LogP contribution is 2.47. The summed E-state index contributed by atoms with van der Waals surface area (Å²) in [4.78, 5) is 41.3. The van der Waals surface area contributed by atoms with Gasteiger partial charge in [0.05, 0.1) is 12.5 Å². The molecular weight excluding hydrogens is 711 g/mol. The molecule has 284 valence electrons. The van der Waals surface area contributed by atoms with Crippen molar-refractivity contribution in [2.75, 3.05) is 45.9 Å². The monoisotopic (exact) mass is 757 g/mol. The van der Waals surface area contributed by atoms with Gasteiger partial charge < -0.3 is 19.5 Å². The molecule has 4 aromatic carbocycles. The van der Waals surface area contributed by atoms with E-state index in [1.807, 2.05) is 40.6 Å². The molecule has 8 rings (SSSR count). The molecule has 2 saturated heterocycles. The van der Waals surface area contributed by atoms with Crippen LogP contribution in [0.2, 0.25) is 0 Å². The quantitative estimate of drug-likeness (QED) is 0.101. The number of thiophene rings is 1. The number of ether oxygens (including phenoxy) is 2. The van der Waals surface area contributed by atoms with Gasteiger partial charge in [-0.2, -0.15) is 0 Å². The molecule has 5 aromatic rings. The maximum absolute atomic E-state index is 13.0. The number of unbranched alkanes of at least 4 members (excludes halogenated alkanes) is 1. The highest BCUT2D eigenvalue weighted by molar-refractivity contribution is 7.17. The molecule has 0 saturated carbocycles. The second-order valence-corrected chi connectivity index (χ2v) is 15.8. The fraction of sp³-hybridized carbons (Fsp3) is 0.356. The highest BCUT2D eigenvalue weighted by atomic mass is 32.1. The van der Waals surface area contributed by atoms with Crippen LogP contribution in [0, 0.1) is 0 Å². The van der Waals surface area contributed by atoms with Crippen LogP contribution in [0.1, 0.15) is 77.7 Å².